The van der Waals surface area contributed by atoms with E-state index in [9.17, 15) is 21.6 Å². The van der Waals surface area contributed by atoms with Crippen LogP contribution in [-0.4, -0.2) is 18.4 Å². The molecule has 21 heavy (non-hydrogen) atoms. The first-order valence-corrected chi connectivity index (χ1v) is 7.17. The summed E-state index contributed by atoms with van der Waals surface area (Å²) in [6, 6.07) is 4.21. The fraction of sp³-hybridized carbons (Fsp3) is 0.167. The molecular weight excluding hydrogens is 307 g/mol. The average Bonchev–Trinajstić information content (AvgIpc) is 2.46. The summed E-state index contributed by atoms with van der Waals surface area (Å²) in [4.78, 5) is 6.50. The van der Waals surface area contributed by atoms with Gasteiger partial charge in [-0.2, -0.15) is 13.2 Å². The Hall–Kier alpha value is -2.00. The van der Waals surface area contributed by atoms with E-state index in [4.69, 9.17) is 5.73 Å². The molecule has 0 radical (unpaired) electrons. The Morgan fingerprint density at radius 3 is 1.95 bits per heavy atom. The van der Waals surface area contributed by atoms with Gasteiger partial charge in [0.05, 0.1) is 15.5 Å². The number of nitrogens with zero attached hydrogens (tertiary/aromatic N) is 2. The van der Waals surface area contributed by atoms with Gasteiger partial charge in [0.15, 0.2) is 0 Å². The van der Waals surface area contributed by atoms with Gasteiger partial charge in [-0.1, -0.05) is 0 Å². The van der Waals surface area contributed by atoms with Crippen LogP contribution in [0.25, 0.3) is 0 Å². The third kappa shape index (κ3) is 3.19. The third-order valence-corrected chi connectivity index (χ3v) is 4.38. The first-order valence-electron chi connectivity index (χ1n) is 5.68. The van der Waals surface area contributed by atoms with Crippen LogP contribution < -0.4 is 5.73 Å². The number of hydrogen-bond acceptors (Lipinski definition) is 5. The zero-order chi connectivity index (χ0) is 15.7. The lowest BCUT2D eigenvalue weighted by Gasteiger charge is -2.07. The fourth-order valence-electron chi connectivity index (χ4n) is 1.53. The fourth-order valence-corrected chi connectivity index (χ4v) is 2.68. The second kappa shape index (κ2) is 5.41. The Bertz CT molecular complexity index is 726. The molecule has 0 aliphatic rings. The van der Waals surface area contributed by atoms with Crippen LogP contribution in [0.3, 0.4) is 0 Å². The highest BCUT2D eigenvalue weighted by Crippen LogP contribution is 2.28. The SMILES string of the molecule is NCc1ccc(S(=O)(=O)c2ccc(C(F)(F)F)nc2)cn1. The quantitative estimate of drug-likeness (QED) is 0.932. The van der Waals surface area contributed by atoms with Crippen LogP contribution in [0, 0.1) is 0 Å². The second-order valence-electron chi connectivity index (χ2n) is 4.07. The molecular formula is C12H10F3N3O2S. The molecule has 2 rings (SSSR count). The Kier molecular flexibility index (Phi) is 3.97. The van der Waals surface area contributed by atoms with Crippen molar-refractivity contribution in [3.63, 3.8) is 0 Å². The highest BCUT2D eigenvalue weighted by molar-refractivity contribution is 7.91. The summed E-state index contributed by atoms with van der Waals surface area (Å²) in [5, 5.41) is 0. The summed E-state index contributed by atoms with van der Waals surface area (Å²) in [6.07, 6.45) is -2.84. The average molecular weight is 317 g/mol. The van der Waals surface area contributed by atoms with Crippen molar-refractivity contribution in [2.45, 2.75) is 22.5 Å². The molecule has 0 atom stereocenters. The van der Waals surface area contributed by atoms with Crippen molar-refractivity contribution >= 4 is 9.84 Å². The van der Waals surface area contributed by atoms with Crippen LogP contribution in [0.15, 0.2) is 46.5 Å². The van der Waals surface area contributed by atoms with Crippen molar-refractivity contribution < 1.29 is 21.6 Å². The predicted molar refractivity (Wildman–Crippen MR) is 66.8 cm³/mol. The third-order valence-electron chi connectivity index (χ3n) is 2.65. The number of hydrogen-bond donors (Lipinski definition) is 1. The van der Waals surface area contributed by atoms with Gasteiger partial charge in [-0.05, 0) is 24.3 Å². The Labute approximate surface area is 118 Å². The lowest BCUT2D eigenvalue weighted by Crippen LogP contribution is -2.10. The van der Waals surface area contributed by atoms with Crippen molar-refractivity contribution in [2.75, 3.05) is 0 Å². The molecule has 0 fully saturated rings. The van der Waals surface area contributed by atoms with E-state index in [0.717, 1.165) is 12.3 Å². The first kappa shape index (κ1) is 15.4. The van der Waals surface area contributed by atoms with E-state index >= 15 is 0 Å². The van der Waals surface area contributed by atoms with Gasteiger partial charge in [-0.15, -0.1) is 0 Å². The molecule has 0 aromatic carbocycles. The topological polar surface area (TPSA) is 85.9 Å². The van der Waals surface area contributed by atoms with Gasteiger partial charge in [0, 0.05) is 18.9 Å². The van der Waals surface area contributed by atoms with E-state index in [-0.39, 0.29) is 16.3 Å². The molecule has 0 aliphatic heterocycles. The van der Waals surface area contributed by atoms with Crippen LogP contribution in [0.4, 0.5) is 13.2 Å². The van der Waals surface area contributed by atoms with E-state index in [2.05, 4.69) is 9.97 Å². The molecule has 112 valence electrons. The predicted octanol–water partition coefficient (Wildman–Crippen LogP) is 1.79. The summed E-state index contributed by atoms with van der Waals surface area (Å²) >= 11 is 0. The standard InChI is InChI=1S/C12H10F3N3O2S/c13-12(14,15)11-4-3-10(7-18-11)21(19,20)9-2-1-8(5-16)17-6-9/h1-4,6-7H,5,16H2. The van der Waals surface area contributed by atoms with E-state index in [1.807, 2.05) is 0 Å². The van der Waals surface area contributed by atoms with Crippen molar-refractivity contribution in [3.05, 3.63) is 48.0 Å². The van der Waals surface area contributed by atoms with E-state index in [1.165, 1.54) is 12.1 Å². The van der Waals surface area contributed by atoms with Crippen molar-refractivity contribution in [2.24, 2.45) is 5.73 Å². The van der Waals surface area contributed by atoms with Gasteiger partial charge in [0.1, 0.15) is 5.69 Å². The van der Waals surface area contributed by atoms with E-state index in [0.29, 0.717) is 18.0 Å². The maximum absolute atomic E-state index is 12.4. The lowest BCUT2D eigenvalue weighted by molar-refractivity contribution is -0.141. The van der Waals surface area contributed by atoms with Crippen LogP contribution in [0.2, 0.25) is 0 Å². The molecule has 0 spiro atoms. The molecule has 2 aromatic rings. The van der Waals surface area contributed by atoms with Gasteiger partial charge in [0.25, 0.3) is 0 Å². The van der Waals surface area contributed by atoms with Gasteiger partial charge in [0.2, 0.25) is 9.84 Å². The normalized spacial score (nSPS) is 12.4. The number of sulfone groups is 1. The Morgan fingerprint density at radius 2 is 1.57 bits per heavy atom. The molecule has 0 bridgehead atoms. The van der Waals surface area contributed by atoms with Crippen molar-refractivity contribution in [1.82, 2.24) is 9.97 Å². The minimum atomic E-state index is -4.62. The molecule has 9 heteroatoms. The number of pyridine rings is 2. The molecule has 2 aromatic heterocycles. The number of nitrogens with two attached hydrogens (primary N) is 1. The summed E-state index contributed by atoms with van der Waals surface area (Å²) in [6.45, 7) is 0.155. The van der Waals surface area contributed by atoms with Crippen molar-refractivity contribution in [3.8, 4) is 0 Å². The second-order valence-corrected chi connectivity index (χ2v) is 6.02. The highest BCUT2D eigenvalue weighted by Gasteiger charge is 2.32. The number of aromatic nitrogens is 2. The maximum atomic E-state index is 12.4. The van der Waals surface area contributed by atoms with Gasteiger partial charge in [-0.25, -0.2) is 8.42 Å². The molecule has 0 unspecified atom stereocenters. The van der Waals surface area contributed by atoms with Gasteiger partial charge < -0.3 is 5.73 Å². The number of halogens is 3. The smallest absolute Gasteiger partial charge is 0.325 e. The van der Waals surface area contributed by atoms with Crippen LogP contribution in [0.5, 0.6) is 0 Å². The van der Waals surface area contributed by atoms with Crippen molar-refractivity contribution in [1.29, 1.82) is 0 Å². The number of alkyl halides is 3. The summed E-state index contributed by atoms with van der Waals surface area (Å²) < 4.78 is 61.6. The summed E-state index contributed by atoms with van der Waals surface area (Å²) in [5.41, 5.74) is 4.69. The minimum absolute atomic E-state index is 0.138. The summed E-state index contributed by atoms with van der Waals surface area (Å²) in [7, 11) is -3.96. The molecule has 0 amide bonds. The molecule has 0 aliphatic carbocycles. The van der Waals surface area contributed by atoms with E-state index < -0.39 is 21.7 Å². The van der Waals surface area contributed by atoms with Crippen LogP contribution in [-0.2, 0) is 22.6 Å². The minimum Gasteiger partial charge on any atom is -0.325 e. The Balaban J connectivity index is 2.39. The first-order chi connectivity index (χ1) is 9.75. The molecule has 5 nitrogen and oxygen atoms in total. The molecule has 2 heterocycles. The monoisotopic (exact) mass is 317 g/mol. The molecule has 0 saturated heterocycles. The molecule has 2 N–H and O–H groups in total. The zero-order valence-electron chi connectivity index (χ0n) is 10.5. The number of rotatable bonds is 3. The van der Waals surface area contributed by atoms with Crippen LogP contribution >= 0.6 is 0 Å². The Morgan fingerprint density at radius 1 is 1.00 bits per heavy atom. The highest BCUT2D eigenvalue weighted by atomic mass is 32.2. The summed E-state index contributed by atoms with van der Waals surface area (Å²) in [5.74, 6) is 0. The lowest BCUT2D eigenvalue weighted by atomic mass is 10.3. The largest absolute Gasteiger partial charge is 0.433 e. The maximum Gasteiger partial charge on any atom is 0.433 e. The molecule has 0 saturated carbocycles. The van der Waals surface area contributed by atoms with Gasteiger partial charge >= 0.3 is 6.18 Å². The zero-order valence-corrected chi connectivity index (χ0v) is 11.3. The van der Waals surface area contributed by atoms with Crippen LogP contribution in [0.1, 0.15) is 11.4 Å². The van der Waals surface area contributed by atoms with Gasteiger partial charge in [-0.3, -0.25) is 9.97 Å². The van der Waals surface area contributed by atoms with E-state index in [1.54, 1.807) is 0 Å².